The molecule has 1 heterocycles. The van der Waals surface area contributed by atoms with Crippen LogP contribution in [0.4, 0.5) is 5.69 Å². The maximum atomic E-state index is 10.6. The molecule has 1 fully saturated rings. The van der Waals surface area contributed by atoms with Crippen molar-refractivity contribution in [1.82, 2.24) is 0 Å². The number of unbranched alkanes of at least 4 members (excludes halogenated alkanes) is 1. The maximum absolute atomic E-state index is 10.6. The van der Waals surface area contributed by atoms with Crippen LogP contribution in [0.5, 0.6) is 0 Å². The van der Waals surface area contributed by atoms with Gasteiger partial charge in [-0.3, -0.25) is 0 Å². The number of nitrogens with zero attached hydrogens (tertiary/aromatic N) is 1. The zero-order chi connectivity index (χ0) is 16.8. The smallest absolute Gasteiger partial charge is 0.123 e. The van der Waals surface area contributed by atoms with Gasteiger partial charge in [-0.15, -0.1) is 0 Å². The van der Waals surface area contributed by atoms with Crippen molar-refractivity contribution in [3.8, 4) is 0 Å². The second kappa shape index (κ2) is 8.17. The van der Waals surface area contributed by atoms with E-state index in [4.69, 9.17) is 0 Å². The predicted molar refractivity (Wildman–Crippen MR) is 101 cm³/mol. The summed E-state index contributed by atoms with van der Waals surface area (Å²) in [5.41, 5.74) is 3.78. The van der Waals surface area contributed by atoms with Gasteiger partial charge in [0, 0.05) is 17.8 Å². The molecule has 1 aromatic carbocycles. The average Bonchev–Trinajstić information content (AvgIpc) is 2.65. The Morgan fingerprint density at radius 3 is 2.88 bits per heavy atom. The Balaban J connectivity index is 1.73. The molecule has 0 bridgehead atoms. The van der Waals surface area contributed by atoms with E-state index in [1.54, 1.807) is 5.57 Å². The topological polar surface area (TPSA) is 20.3 Å². The Bertz CT molecular complexity index is 652. The van der Waals surface area contributed by atoms with Crippen molar-refractivity contribution in [1.29, 1.82) is 0 Å². The molecule has 2 nitrogen and oxygen atoms in total. The molecule has 1 aromatic rings. The van der Waals surface area contributed by atoms with Gasteiger partial charge in [0.2, 0.25) is 0 Å². The number of benzene rings is 1. The molecule has 3 rings (SSSR count). The first kappa shape index (κ1) is 16.8. The Morgan fingerprint density at radius 2 is 2.08 bits per heavy atom. The van der Waals surface area contributed by atoms with Gasteiger partial charge in [-0.05, 0) is 62.7 Å². The highest BCUT2D eigenvalue weighted by Gasteiger charge is 2.32. The molecule has 2 unspecified atom stereocenters. The normalized spacial score (nSPS) is 22.5. The Kier molecular flexibility index (Phi) is 5.72. The fraction of sp³-hybridized carbons (Fsp3) is 0.455. The van der Waals surface area contributed by atoms with Crippen LogP contribution in [0.1, 0.15) is 45.4 Å². The first-order valence-corrected chi connectivity index (χ1v) is 9.18. The summed E-state index contributed by atoms with van der Waals surface area (Å²) in [5, 5.41) is 0. The van der Waals surface area contributed by atoms with Crippen molar-refractivity contribution in [2.75, 3.05) is 11.4 Å². The van der Waals surface area contributed by atoms with Gasteiger partial charge in [0.1, 0.15) is 5.94 Å². The molecule has 0 aromatic heterocycles. The van der Waals surface area contributed by atoms with E-state index < -0.39 is 0 Å². The molecule has 1 aliphatic carbocycles. The second-order valence-corrected chi connectivity index (χ2v) is 6.99. The zero-order valence-electron chi connectivity index (χ0n) is 14.6. The van der Waals surface area contributed by atoms with E-state index in [0.29, 0.717) is 6.04 Å². The summed E-state index contributed by atoms with van der Waals surface area (Å²) in [6, 6.07) is 11.3. The molecule has 2 atom stereocenters. The molecule has 2 heteroatoms. The summed E-state index contributed by atoms with van der Waals surface area (Å²) in [5.74, 6) is 2.74. The van der Waals surface area contributed by atoms with Gasteiger partial charge in [0.05, 0.1) is 6.04 Å². The highest BCUT2D eigenvalue weighted by Crippen LogP contribution is 2.38. The number of rotatable bonds is 6. The molecule has 24 heavy (non-hydrogen) atoms. The minimum atomic E-state index is 0.497. The van der Waals surface area contributed by atoms with Crippen molar-refractivity contribution >= 4 is 11.6 Å². The number of hydrogen-bond donors (Lipinski definition) is 0. The lowest BCUT2D eigenvalue weighted by Crippen LogP contribution is -2.45. The summed E-state index contributed by atoms with van der Waals surface area (Å²) in [6.45, 7) is 3.02. The molecular weight excluding hydrogens is 294 g/mol. The molecule has 2 aliphatic rings. The fourth-order valence-corrected chi connectivity index (χ4v) is 4.02. The molecule has 0 spiro atoms. The Morgan fingerprint density at radius 1 is 1.25 bits per heavy atom. The summed E-state index contributed by atoms with van der Waals surface area (Å²) in [6.07, 6.45) is 13.6. The third kappa shape index (κ3) is 3.88. The van der Waals surface area contributed by atoms with Crippen LogP contribution in [-0.4, -0.2) is 18.5 Å². The average molecular weight is 321 g/mol. The van der Waals surface area contributed by atoms with E-state index in [1.807, 2.05) is 12.9 Å². The first-order valence-electron chi connectivity index (χ1n) is 9.18. The number of anilines is 1. The van der Waals surface area contributed by atoms with Gasteiger partial charge in [0.25, 0.3) is 0 Å². The van der Waals surface area contributed by atoms with Crippen LogP contribution in [0.15, 0.2) is 59.7 Å². The molecule has 1 aliphatic heterocycles. The monoisotopic (exact) mass is 321 g/mol. The van der Waals surface area contributed by atoms with Gasteiger partial charge in [-0.25, -0.2) is 4.79 Å². The van der Waals surface area contributed by atoms with Crippen molar-refractivity contribution in [2.45, 2.75) is 51.5 Å². The molecular formula is C22H27NO. The van der Waals surface area contributed by atoms with Crippen LogP contribution in [0.3, 0.4) is 0 Å². The van der Waals surface area contributed by atoms with Gasteiger partial charge in [-0.1, -0.05) is 42.8 Å². The Hall–Kier alpha value is -2.05. The van der Waals surface area contributed by atoms with Crippen molar-refractivity contribution in [3.63, 3.8) is 0 Å². The number of hydrogen-bond acceptors (Lipinski definition) is 2. The van der Waals surface area contributed by atoms with Gasteiger partial charge < -0.3 is 4.90 Å². The third-order valence-corrected chi connectivity index (χ3v) is 5.34. The van der Waals surface area contributed by atoms with Gasteiger partial charge in [0.15, 0.2) is 0 Å². The van der Waals surface area contributed by atoms with E-state index in [0.717, 1.165) is 43.7 Å². The molecule has 126 valence electrons. The molecule has 0 amide bonds. The van der Waals surface area contributed by atoms with Gasteiger partial charge >= 0.3 is 0 Å². The number of fused-ring (bicyclic) bond motifs is 1. The number of para-hydroxylation sites is 1. The van der Waals surface area contributed by atoms with Crippen molar-refractivity contribution < 1.29 is 4.79 Å². The SMILES string of the molecule is CC(=C=O)CCCCC1C2=CC=CCC2CCN1c1ccccc1. The standard InChI is InChI=1S/C22H27NO/c1-18(17-24)9-5-8-14-22-21-13-7-6-10-19(21)15-16-23(22)20-11-3-2-4-12-20/h2-4,6-7,11-13,19,22H,5,8-10,14-16H2,1H3. The van der Waals surface area contributed by atoms with Crippen LogP contribution in [0.2, 0.25) is 0 Å². The van der Waals surface area contributed by atoms with Crippen molar-refractivity contribution in [3.05, 3.63) is 59.7 Å². The minimum Gasteiger partial charge on any atom is -0.365 e. The predicted octanol–water partition coefficient (Wildman–Crippen LogP) is 5.11. The number of piperidine rings is 1. The number of allylic oxidation sites excluding steroid dienone is 4. The molecule has 0 radical (unpaired) electrons. The van der Waals surface area contributed by atoms with Crippen LogP contribution in [-0.2, 0) is 4.79 Å². The molecule has 0 N–H and O–H groups in total. The van der Waals surface area contributed by atoms with E-state index in [-0.39, 0.29) is 0 Å². The quantitative estimate of drug-likeness (QED) is 0.536. The molecule has 0 saturated carbocycles. The summed E-state index contributed by atoms with van der Waals surface area (Å²) in [4.78, 5) is 13.2. The van der Waals surface area contributed by atoms with Crippen LogP contribution in [0, 0.1) is 5.92 Å². The highest BCUT2D eigenvalue weighted by atomic mass is 16.1. The van der Waals surface area contributed by atoms with E-state index in [2.05, 4.69) is 53.5 Å². The lowest BCUT2D eigenvalue weighted by molar-refractivity contribution is 0.419. The van der Waals surface area contributed by atoms with Gasteiger partial charge in [-0.2, -0.15) is 0 Å². The zero-order valence-corrected chi connectivity index (χ0v) is 14.6. The lowest BCUT2D eigenvalue weighted by atomic mass is 9.78. The highest BCUT2D eigenvalue weighted by molar-refractivity contribution is 5.52. The number of carbonyl (C=O) groups excluding carboxylic acids is 1. The van der Waals surface area contributed by atoms with Crippen LogP contribution < -0.4 is 4.90 Å². The lowest BCUT2D eigenvalue weighted by Gasteiger charge is -2.44. The Labute approximate surface area is 145 Å². The largest absolute Gasteiger partial charge is 0.365 e. The minimum absolute atomic E-state index is 0.497. The first-order chi connectivity index (χ1) is 11.8. The second-order valence-electron chi connectivity index (χ2n) is 6.99. The summed E-state index contributed by atoms with van der Waals surface area (Å²) >= 11 is 0. The summed E-state index contributed by atoms with van der Waals surface area (Å²) < 4.78 is 0. The van der Waals surface area contributed by atoms with Crippen LogP contribution in [0.25, 0.3) is 0 Å². The van der Waals surface area contributed by atoms with Crippen molar-refractivity contribution in [2.24, 2.45) is 5.92 Å². The van der Waals surface area contributed by atoms with E-state index >= 15 is 0 Å². The summed E-state index contributed by atoms with van der Waals surface area (Å²) in [7, 11) is 0. The van der Waals surface area contributed by atoms with Crippen LogP contribution >= 0.6 is 0 Å². The maximum Gasteiger partial charge on any atom is 0.123 e. The van der Waals surface area contributed by atoms with E-state index in [9.17, 15) is 4.79 Å². The molecule has 1 saturated heterocycles. The fourth-order valence-electron chi connectivity index (χ4n) is 4.02. The third-order valence-electron chi connectivity index (χ3n) is 5.34. The van der Waals surface area contributed by atoms with E-state index in [1.165, 1.54) is 18.5 Å².